The number of carbonyl (C=O) groups is 1. The van der Waals surface area contributed by atoms with Gasteiger partial charge >= 0.3 is 6.09 Å². The van der Waals surface area contributed by atoms with Gasteiger partial charge < -0.3 is 23.7 Å². The average molecular weight is 549 g/mol. The smallest absolute Gasteiger partial charge is 0.410 e. The van der Waals surface area contributed by atoms with Crippen molar-refractivity contribution in [3.8, 4) is 0 Å². The SMILES string of the molecule is CC(C)(C)[S+]([O-])N[C@@H](CCC1OCCCO1)c1cc(Cl)cc2c1CN(C(=O)OCc1ccccc1)CC2. The van der Waals surface area contributed by atoms with Gasteiger partial charge in [0.25, 0.3) is 0 Å². The predicted molar refractivity (Wildman–Crippen MR) is 146 cm³/mol. The lowest BCUT2D eigenvalue weighted by Gasteiger charge is -2.34. The summed E-state index contributed by atoms with van der Waals surface area (Å²) < 4.78 is 33.2. The zero-order chi connectivity index (χ0) is 26.4. The number of rotatable bonds is 8. The first-order valence-electron chi connectivity index (χ1n) is 12.9. The molecule has 9 heteroatoms. The van der Waals surface area contributed by atoms with Crippen molar-refractivity contribution in [2.24, 2.45) is 0 Å². The number of nitrogens with one attached hydrogen (secondary N) is 1. The van der Waals surface area contributed by atoms with Crippen LogP contribution in [0.5, 0.6) is 0 Å². The molecule has 37 heavy (non-hydrogen) atoms. The molecule has 1 N–H and O–H groups in total. The molecule has 0 bridgehead atoms. The number of ether oxygens (including phenoxy) is 3. The van der Waals surface area contributed by atoms with Crippen molar-refractivity contribution in [1.82, 2.24) is 9.62 Å². The first-order chi connectivity index (χ1) is 17.7. The van der Waals surface area contributed by atoms with E-state index in [1.54, 1.807) is 4.90 Å². The second-order valence-corrected chi connectivity index (χ2v) is 12.9. The van der Waals surface area contributed by atoms with Gasteiger partial charge in [-0.15, -0.1) is 4.72 Å². The van der Waals surface area contributed by atoms with E-state index in [2.05, 4.69) is 4.72 Å². The highest BCUT2D eigenvalue weighted by molar-refractivity contribution is 7.90. The summed E-state index contributed by atoms with van der Waals surface area (Å²) in [6.45, 7) is 8.39. The number of fused-ring (bicyclic) bond motifs is 1. The normalized spacial score (nSPS) is 18.2. The van der Waals surface area contributed by atoms with Gasteiger partial charge in [0.2, 0.25) is 0 Å². The quantitative estimate of drug-likeness (QED) is 0.428. The fourth-order valence-electron chi connectivity index (χ4n) is 4.52. The molecule has 0 radical (unpaired) electrons. The molecule has 2 atom stereocenters. The Morgan fingerprint density at radius 1 is 1.24 bits per heavy atom. The molecule has 2 heterocycles. The van der Waals surface area contributed by atoms with Crippen LogP contribution >= 0.6 is 11.6 Å². The number of halogens is 1. The molecule has 0 aliphatic carbocycles. The number of hydrogen-bond acceptors (Lipinski definition) is 6. The number of carbonyl (C=O) groups excluding carboxylic acids is 1. The molecule has 4 rings (SSSR count). The van der Waals surface area contributed by atoms with Crippen LogP contribution in [0.15, 0.2) is 42.5 Å². The van der Waals surface area contributed by atoms with Crippen LogP contribution in [0.4, 0.5) is 4.79 Å². The molecule has 1 amide bonds. The predicted octanol–water partition coefficient (Wildman–Crippen LogP) is 5.67. The molecule has 1 unspecified atom stereocenters. The van der Waals surface area contributed by atoms with Crippen molar-refractivity contribution < 1.29 is 23.6 Å². The van der Waals surface area contributed by atoms with Gasteiger partial charge in [0.05, 0.1) is 19.3 Å². The Morgan fingerprint density at radius 3 is 2.68 bits per heavy atom. The van der Waals surface area contributed by atoms with Gasteiger partial charge in [-0.25, -0.2) is 4.79 Å². The van der Waals surface area contributed by atoms with Crippen molar-refractivity contribution in [1.29, 1.82) is 0 Å². The van der Waals surface area contributed by atoms with E-state index in [4.69, 9.17) is 25.8 Å². The van der Waals surface area contributed by atoms with Crippen molar-refractivity contribution in [2.45, 2.75) is 76.7 Å². The zero-order valence-electron chi connectivity index (χ0n) is 21.8. The molecular formula is C28H37ClN2O5S. The van der Waals surface area contributed by atoms with Gasteiger partial charge in [0.1, 0.15) is 11.4 Å². The molecule has 2 aliphatic rings. The van der Waals surface area contributed by atoms with Crippen LogP contribution in [0.25, 0.3) is 0 Å². The Kier molecular flexibility index (Phi) is 9.78. The summed E-state index contributed by atoms with van der Waals surface area (Å²) in [5.74, 6) is 0. The minimum absolute atomic E-state index is 0.229. The van der Waals surface area contributed by atoms with Gasteiger partial charge in [0, 0.05) is 35.9 Å². The highest BCUT2D eigenvalue weighted by Gasteiger charge is 2.33. The third-order valence-corrected chi connectivity index (χ3v) is 8.40. The van der Waals surface area contributed by atoms with E-state index in [9.17, 15) is 9.35 Å². The third-order valence-electron chi connectivity index (χ3n) is 6.57. The van der Waals surface area contributed by atoms with Crippen LogP contribution < -0.4 is 4.72 Å². The lowest BCUT2D eigenvalue weighted by atomic mass is 9.90. The molecule has 2 aliphatic heterocycles. The monoisotopic (exact) mass is 548 g/mol. The zero-order valence-corrected chi connectivity index (χ0v) is 23.4. The van der Waals surface area contributed by atoms with Crippen LogP contribution in [0.3, 0.4) is 0 Å². The summed E-state index contributed by atoms with van der Waals surface area (Å²) in [4.78, 5) is 14.7. The summed E-state index contributed by atoms with van der Waals surface area (Å²) in [6.07, 6.45) is 2.25. The molecular weight excluding hydrogens is 512 g/mol. The Labute approximate surface area is 228 Å². The Bertz CT molecular complexity index is 1040. The van der Waals surface area contributed by atoms with Crippen LogP contribution in [-0.4, -0.2) is 46.3 Å². The molecule has 202 valence electrons. The van der Waals surface area contributed by atoms with Crippen LogP contribution in [0.2, 0.25) is 5.02 Å². The van der Waals surface area contributed by atoms with E-state index in [0.29, 0.717) is 50.6 Å². The minimum atomic E-state index is -1.30. The number of nitrogens with zero attached hydrogens (tertiary/aromatic N) is 1. The molecule has 0 aromatic heterocycles. The van der Waals surface area contributed by atoms with Gasteiger partial charge in [-0.05, 0) is 74.4 Å². The van der Waals surface area contributed by atoms with Crippen LogP contribution in [0, 0.1) is 0 Å². The molecule has 1 saturated heterocycles. The third kappa shape index (κ3) is 7.85. The molecule has 0 saturated carbocycles. The topological polar surface area (TPSA) is 83.1 Å². The number of amides is 1. The molecule has 7 nitrogen and oxygen atoms in total. The highest BCUT2D eigenvalue weighted by atomic mass is 35.5. The summed E-state index contributed by atoms with van der Waals surface area (Å²) in [6, 6.07) is 13.3. The summed E-state index contributed by atoms with van der Waals surface area (Å²) >= 11 is 5.26. The highest BCUT2D eigenvalue weighted by Crippen LogP contribution is 2.34. The lowest BCUT2D eigenvalue weighted by Crippen LogP contribution is -2.42. The Morgan fingerprint density at radius 2 is 1.97 bits per heavy atom. The van der Waals surface area contributed by atoms with Crippen molar-refractivity contribution in [2.75, 3.05) is 19.8 Å². The van der Waals surface area contributed by atoms with Gasteiger partial charge in [-0.2, -0.15) is 0 Å². The van der Waals surface area contributed by atoms with E-state index in [-0.39, 0.29) is 25.0 Å². The van der Waals surface area contributed by atoms with E-state index < -0.39 is 16.1 Å². The summed E-state index contributed by atoms with van der Waals surface area (Å²) in [5, 5.41) is 0.632. The fraction of sp³-hybridized carbons (Fsp3) is 0.536. The van der Waals surface area contributed by atoms with Crippen LogP contribution in [0.1, 0.15) is 68.3 Å². The van der Waals surface area contributed by atoms with E-state index in [1.807, 2.05) is 63.2 Å². The van der Waals surface area contributed by atoms with Gasteiger partial charge in [0.15, 0.2) is 6.29 Å². The van der Waals surface area contributed by atoms with Crippen LogP contribution in [-0.2, 0) is 45.1 Å². The summed E-state index contributed by atoms with van der Waals surface area (Å²) in [5.41, 5.74) is 4.03. The Balaban J connectivity index is 1.54. The second kappa shape index (κ2) is 12.8. The largest absolute Gasteiger partial charge is 0.598 e. The number of benzene rings is 2. The maximum Gasteiger partial charge on any atom is 0.410 e. The lowest BCUT2D eigenvalue weighted by molar-refractivity contribution is -0.182. The summed E-state index contributed by atoms with van der Waals surface area (Å²) in [7, 11) is 0. The van der Waals surface area contributed by atoms with Crippen molar-refractivity contribution in [3.05, 3.63) is 69.7 Å². The molecule has 0 spiro atoms. The Hall–Kier alpha value is -1.81. The van der Waals surface area contributed by atoms with Crippen molar-refractivity contribution >= 4 is 29.1 Å². The first-order valence-corrected chi connectivity index (χ1v) is 14.4. The maximum absolute atomic E-state index is 13.2. The van der Waals surface area contributed by atoms with Gasteiger partial charge in [-0.1, -0.05) is 41.9 Å². The fourth-order valence-corrected chi connectivity index (χ4v) is 5.63. The maximum atomic E-state index is 13.2. The first kappa shape index (κ1) is 28.2. The van der Waals surface area contributed by atoms with E-state index >= 15 is 0 Å². The number of hydrogen-bond donors (Lipinski definition) is 1. The molecule has 2 aromatic carbocycles. The van der Waals surface area contributed by atoms with E-state index in [0.717, 1.165) is 28.7 Å². The molecule has 1 fully saturated rings. The molecule has 2 aromatic rings. The van der Waals surface area contributed by atoms with E-state index in [1.165, 1.54) is 0 Å². The van der Waals surface area contributed by atoms with Crippen molar-refractivity contribution in [3.63, 3.8) is 0 Å². The average Bonchev–Trinajstić information content (AvgIpc) is 2.89. The minimum Gasteiger partial charge on any atom is -0.598 e. The standard InChI is InChI=1S/C28H37ClN2O5S/c1-28(2,3)37(33)30-25(10-11-26-34-14-7-15-35-26)23-17-22(29)16-21-12-13-31(18-24(21)23)27(32)36-19-20-8-5-4-6-9-20/h4-6,8-9,16-17,25-26,30H,7,10-15,18-19H2,1-3H3/t25-,37?/m0/s1. The second-order valence-electron chi connectivity index (χ2n) is 10.5. The van der Waals surface area contributed by atoms with Gasteiger partial charge in [-0.3, -0.25) is 0 Å².